The predicted octanol–water partition coefficient (Wildman–Crippen LogP) is 6.28. The summed E-state index contributed by atoms with van der Waals surface area (Å²) in [5.41, 5.74) is 1.03. The average Bonchev–Trinajstić information content (AvgIpc) is 3.85. The van der Waals surface area contributed by atoms with Crippen molar-refractivity contribution in [2.75, 3.05) is 40.3 Å². The molecule has 0 spiro atoms. The Hall–Kier alpha value is -3.54. The number of benzene rings is 3. The first-order valence-electron chi connectivity index (χ1n) is 13.1. The second-order valence-electron chi connectivity index (χ2n) is 10.1. The van der Waals surface area contributed by atoms with Gasteiger partial charge in [-0.15, -0.1) is 0 Å². The van der Waals surface area contributed by atoms with Crippen molar-refractivity contribution in [1.82, 2.24) is 14.2 Å². The average molecular weight is 619 g/mol. The van der Waals surface area contributed by atoms with E-state index in [9.17, 15) is 19.5 Å². The molecule has 0 saturated carbocycles. The van der Waals surface area contributed by atoms with Crippen LogP contribution in [0.2, 0.25) is 5.02 Å². The minimum absolute atomic E-state index is 0.000477. The highest BCUT2D eigenvalue weighted by molar-refractivity contribution is 7.54. The van der Waals surface area contributed by atoms with Crippen molar-refractivity contribution < 1.29 is 32.7 Å². The molecule has 0 radical (unpaired) electrons. The second kappa shape index (κ2) is 12.0. The molecule has 2 saturated heterocycles. The van der Waals surface area contributed by atoms with Gasteiger partial charge >= 0.3 is 13.4 Å². The molecule has 222 valence electrons. The number of hydrogen-bond donors (Lipinski definition) is 0. The molecule has 0 N–H and O–H groups in total. The summed E-state index contributed by atoms with van der Waals surface area (Å²) in [4.78, 5) is 24.6. The Bertz CT molecular complexity index is 1530. The van der Waals surface area contributed by atoms with Gasteiger partial charge < -0.3 is 14.4 Å². The Morgan fingerprint density at radius 3 is 2.29 bits per heavy atom. The Balaban J connectivity index is 1.29. The largest absolute Gasteiger partial charge is 0.484 e. The van der Waals surface area contributed by atoms with Crippen molar-refractivity contribution in [2.45, 2.75) is 19.6 Å². The molecule has 1 atom stereocenters. The SMILES string of the molecule is CC(OP(=O)(N1CC1)N1CC1)c1cc(F)c(OCc2ccc([N+](=O)[O-])c(Oc3ccc(C(=O)N(C)C)cc3)c2)c(Cl)c1. The first-order valence-corrected chi connectivity index (χ1v) is 15.0. The summed E-state index contributed by atoms with van der Waals surface area (Å²) in [6.45, 7) is 4.32. The summed E-state index contributed by atoms with van der Waals surface area (Å²) >= 11 is 6.37. The third-order valence-electron chi connectivity index (χ3n) is 6.69. The first kappa shape index (κ1) is 29.9. The van der Waals surface area contributed by atoms with Gasteiger partial charge in [0.25, 0.3) is 5.91 Å². The van der Waals surface area contributed by atoms with E-state index in [0.717, 1.165) is 0 Å². The molecule has 0 aromatic heterocycles. The number of nitro groups is 1. The summed E-state index contributed by atoms with van der Waals surface area (Å²) in [6, 6.07) is 13.1. The van der Waals surface area contributed by atoms with Gasteiger partial charge in [-0.25, -0.2) is 13.7 Å². The number of amides is 1. The van der Waals surface area contributed by atoms with Crippen LogP contribution in [0.25, 0.3) is 0 Å². The zero-order valence-corrected chi connectivity index (χ0v) is 24.8. The summed E-state index contributed by atoms with van der Waals surface area (Å²) in [7, 11) is 0.147. The quantitative estimate of drug-likeness (QED) is 0.100. The third kappa shape index (κ3) is 6.58. The van der Waals surface area contributed by atoms with Gasteiger partial charge in [0.05, 0.1) is 16.0 Å². The minimum Gasteiger partial charge on any atom is -0.484 e. The van der Waals surface area contributed by atoms with Gasteiger partial charge in [0.15, 0.2) is 11.6 Å². The van der Waals surface area contributed by atoms with Crippen molar-refractivity contribution in [3.63, 3.8) is 0 Å². The number of ether oxygens (including phenoxy) is 2. The van der Waals surface area contributed by atoms with Crippen molar-refractivity contribution in [3.05, 3.63) is 92.2 Å². The zero-order chi connectivity index (χ0) is 30.2. The number of carbonyl (C=O) groups is 1. The van der Waals surface area contributed by atoms with Crippen LogP contribution in [0.1, 0.15) is 34.5 Å². The first-order chi connectivity index (χ1) is 20.0. The molecule has 0 aliphatic carbocycles. The van der Waals surface area contributed by atoms with Crippen LogP contribution in [0.5, 0.6) is 17.2 Å². The molecule has 14 heteroatoms. The molecule has 1 amide bonds. The molecule has 2 fully saturated rings. The lowest BCUT2D eigenvalue weighted by Gasteiger charge is -2.24. The van der Waals surface area contributed by atoms with Gasteiger partial charge in [0.2, 0.25) is 5.75 Å². The highest BCUT2D eigenvalue weighted by atomic mass is 35.5. The van der Waals surface area contributed by atoms with Gasteiger partial charge in [-0.1, -0.05) is 11.6 Å². The summed E-state index contributed by atoms with van der Waals surface area (Å²) < 4.78 is 49.3. The molecule has 3 aromatic carbocycles. The molecule has 42 heavy (non-hydrogen) atoms. The number of halogens is 2. The van der Waals surface area contributed by atoms with Crippen LogP contribution in [0.4, 0.5) is 10.1 Å². The fraction of sp³-hybridized carbons (Fsp3) is 0.321. The van der Waals surface area contributed by atoms with E-state index in [1.807, 2.05) is 0 Å². The van der Waals surface area contributed by atoms with Crippen molar-refractivity contribution in [2.24, 2.45) is 0 Å². The van der Waals surface area contributed by atoms with E-state index < -0.39 is 24.5 Å². The standard InChI is InChI=1S/C28H29ClFN4O7P/c1-18(41-42(38,32-10-11-32)33-12-13-33)21-15-23(29)27(24(30)16-21)39-17-19-4-9-25(34(36)37)26(14-19)40-22-7-5-20(6-8-22)28(35)31(2)3/h4-9,14-16,18H,10-13,17H2,1-3H3. The lowest BCUT2D eigenvalue weighted by atomic mass is 10.1. The number of nitrogens with zero attached hydrogens (tertiary/aromatic N) is 4. The van der Waals surface area contributed by atoms with E-state index in [0.29, 0.717) is 42.9 Å². The number of nitro benzene ring substituents is 1. The number of rotatable bonds is 12. The maximum atomic E-state index is 15.1. The van der Waals surface area contributed by atoms with Gasteiger partial charge in [-0.2, -0.15) is 0 Å². The number of carbonyl (C=O) groups excluding carboxylic acids is 1. The summed E-state index contributed by atoms with van der Waals surface area (Å²) in [5.74, 6) is -0.890. The summed E-state index contributed by atoms with van der Waals surface area (Å²) in [5, 5.41) is 11.6. The van der Waals surface area contributed by atoms with Gasteiger partial charge in [0, 0.05) is 51.9 Å². The molecule has 0 bridgehead atoms. The third-order valence-corrected chi connectivity index (χ3v) is 9.79. The van der Waals surface area contributed by atoms with Crippen molar-refractivity contribution in [1.29, 1.82) is 0 Å². The van der Waals surface area contributed by atoms with Crippen LogP contribution >= 0.6 is 19.3 Å². The van der Waals surface area contributed by atoms with E-state index in [4.69, 9.17) is 25.6 Å². The van der Waals surface area contributed by atoms with Crippen LogP contribution in [0.3, 0.4) is 0 Å². The predicted molar refractivity (Wildman–Crippen MR) is 154 cm³/mol. The van der Waals surface area contributed by atoms with E-state index in [2.05, 4.69) is 0 Å². The van der Waals surface area contributed by atoms with Gasteiger partial charge in [-0.3, -0.25) is 24.0 Å². The second-order valence-corrected chi connectivity index (χ2v) is 12.9. The van der Waals surface area contributed by atoms with Crippen LogP contribution in [0.15, 0.2) is 54.6 Å². The van der Waals surface area contributed by atoms with E-state index in [-0.39, 0.29) is 40.5 Å². The molecule has 1 unspecified atom stereocenters. The Kier molecular flexibility index (Phi) is 8.54. The van der Waals surface area contributed by atoms with Crippen LogP contribution < -0.4 is 9.47 Å². The lowest BCUT2D eigenvalue weighted by Crippen LogP contribution is -2.21. The Labute approximate surface area is 247 Å². The fourth-order valence-electron chi connectivity index (χ4n) is 4.21. The van der Waals surface area contributed by atoms with Crippen LogP contribution in [-0.4, -0.2) is 65.3 Å². The molecule has 11 nitrogen and oxygen atoms in total. The highest BCUT2D eigenvalue weighted by Gasteiger charge is 2.50. The molecular weight excluding hydrogens is 590 g/mol. The maximum absolute atomic E-state index is 15.1. The fourth-order valence-corrected chi connectivity index (χ4v) is 6.83. The number of hydrogen-bond acceptors (Lipinski definition) is 7. The van der Waals surface area contributed by atoms with Gasteiger partial charge in [0.1, 0.15) is 12.4 Å². The van der Waals surface area contributed by atoms with Crippen LogP contribution in [-0.2, 0) is 15.7 Å². The highest BCUT2D eigenvalue weighted by Crippen LogP contribution is 2.63. The normalized spacial score (nSPS) is 15.6. The topological polar surface area (TPSA) is 114 Å². The summed E-state index contributed by atoms with van der Waals surface area (Å²) in [6.07, 6.45) is -0.678. The monoisotopic (exact) mass is 618 g/mol. The maximum Gasteiger partial charge on any atom is 0.346 e. The smallest absolute Gasteiger partial charge is 0.346 e. The zero-order valence-electron chi connectivity index (χ0n) is 23.2. The van der Waals surface area contributed by atoms with Crippen molar-refractivity contribution >= 4 is 30.9 Å². The van der Waals surface area contributed by atoms with Crippen molar-refractivity contribution in [3.8, 4) is 17.2 Å². The molecule has 2 heterocycles. The molecular formula is C28H29ClFN4O7P. The lowest BCUT2D eigenvalue weighted by molar-refractivity contribution is -0.385. The molecule has 2 aliphatic rings. The minimum atomic E-state index is -3.12. The van der Waals surface area contributed by atoms with Gasteiger partial charge in [-0.05, 0) is 66.6 Å². The Morgan fingerprint density at radius 2 is 1.74 bits per heavy atom. The van der Waals surface area contributed by atoms with E-state index >= 15 is 4.39 Å². The molecule has 3 aromatic rings. The van der Waals surface area contributed by atoms with E-state index in [1.165, 1.54) is 47.4 Å². The molecule has 2 aliphatic heterocycles. The van der Waals surface area contributed by atoms with E-state index in [1.54, 1.807) is 42.5 Å². The molecule has 5 rings (SSSR count). The van der Waals surface area contributed by atoms with Crippen LogP contribution in [0, 0.1) is 15.9 Å². The Morgan fingerprint density at radius 1 is 1.10 bits per heavy atom.